The number of anilines is 2. The van der Waals surface area contributed by atoms with Gasteiger partial charge in [0.25, 0.3) is 0 Å². The van der Waals surface area contributed by atoms with Crippen molar-refractivity contribution in [1.29, 1.82) is 0 Å². The van der Waals surface area contributed by atoms with Gasteiger partial charge in [0.1, 0.15) is 5.82 Å². The molecule has 2 aromatic carbocycles. The molecule has 1 N–H and O–H groups in total. The van der Waals surface area contributed by atoms with Crippen LogP contribution in [0, 0.1) is 11.7 Å². The highest BCUT2D eigenvalue weighted by molar-refractivity contribution is 6.30. The average Bonchev–Trinajstić information content (AvgIpc) is 3.53. The van der Waals surface area contributed by atoms with Gasteiger partial charge < -0.3 is 15.0 Å². The Labute approximate surface area is 236 Å². The van der Waals surface area contributed by atoms with Gasteiger partial charge in [-0.3, -0.25) is 9.80 Å². The van der Waals surface area contributed by atoms with Gasteiger partial charge in [-0.25, -0.2) is 9.18 Å². The fourth-order valence-electron chi connectivity index (χ4n) is 7.21. The molecule has 4 aliphatic rings. The highest BCUT2D eigenvalue weighted by Gasteiger charge is 2.41. The van der Waals surface area contributed by atoms with E-state index in [1.807, 2.05) is 34.1 Å². The van der Waals surface area contributed by atoms with E-state index >= 15 is 4.39 Å². The minimum absolute atomic E-state index is 0.0867. The van der Waals surface area contributed by atoms with Crippen molar-refractivity contribution in [3.8, 4) is 0 Å². The number of carbonyl (C=O) groups excluding carboxylic acids is 1. The first kappa shape index (κ1) is 26.9. The lowest BCUT2D eigenvalue weighted by Crippen LogP contribution is -2.49. The van der Waals surface area contributed by atoms with Crippen LogP contribution < -0.4 is 15.1 Å². The van der Waals surface area contributed by atoms with E-state index in [2.05, 4.69) is 22.3 Å². The van der Waals surface area contributed by atoms with Gasteiger partial charge >= 0.3 is 6.03 Å². The summed E-state index contributed by atoms with van der Waals surface area (Å²) < 4.78 is 20.8. The zero-order valence-electron chi connectivity index (χ0n) is 22.7. The van der Waals surface area contributed by atoms with Gasteiger partial charge in [-0.2, -0.15) is 0 Å². The monoisotopic (exact) mass is 554 g/mol. The number of carbonyl (C=O) groups is 1. The summed E-state index contributed by atoms with van der Waals surface area (Å²) in [6.07, 6.45) is 8.88. The topological polar surface area (TPSA) is 48.1 Å². The summed E-state index contributed by atoms with van der Waals surface area (Å²) in [6, 6.07) is 14.7. The number of hydrogen-bond acceptors (Lipinski definition) is 4. The van der Waals surface area contributed by atoms with Crippen molar-refractivity contribution in [3.05, 3.63) is 58.9 Å². The Balaban J connectivity index is 1.17. The number of nitrogens with one attached hydrogen (secondary N) is 1. The third-order valence-corrected chi connectivity index (χ3v) is 9.48. The molecule has 2 unspecified atom stereocenters. The van der Waals surface area contributed by atoms with Crippen molar-refractivity contribution in [2.24, 2.45) is 5.92 Å². The summed E-state index contributed by atoms with van der Waals surface area (Å²) in [7, 11) is 0. The highest BCUT2D eigenvalue weighted by Crippen LogP contribution is 2.40. The predicted octanol–water partition coefficient (Wildman–Crippen LogP) is 6.22. The third kappa shape index (κ3) is 6.21. The Kier molecular flexibility index (Phi) is 8.28. The molecule has 0 aromatic heterocycles. The molecule has 8 heteroatoms. The van der Waals surface area contributed by atoms with E-state index in [4.69, 9.17) is 16.3 Å². The second-order valence-electron chi connectivity index (χ2n) is 11.8. The van der Waals surface area contributed by atoms with E-state index in [0.29, 0.717) is 62.2 Å². The number of ether oxygens (including phenoxy) is 1. The minimum Gasteiger partial charge on any atom is -0.378 e. The van der Waals surface area contributed by atoms with Crippen molar-refractivity contribution in [2.75, 3.05) is 42.6 Å². The summed E-state index contributed by atoms with van der Waals surface area (Å²) in [4.78, 5) is 20.1. The van der Waals surface area contributed by atoms with Gasteiger partial charge in [0.05, 0.1) is 18.9 Å². The summed E-state index contributed by atoms with van der Waals surface area (Å²) in [5.41, 5.74) is 2.53. The maximum absolute atomic E-state index is 15.4. The van der Waals surface area contributed by atoms with Gasteiger partial charge in [0.2, 0.25) is 0 Å². The number of benzene rings is 2. The molecule has 3 heterocycles. The Morgan fingerprint density at radius 1 is 1.00 bits per heavy atom. The average molecular weight is 555 g/mol. The third-order valence-electron chi connectivity index (χ3n) is 9.22. The molecule has 2 aromatic rings. The van der Waals surface area contributed by atoms with Crippen molar-refractivity contribution in [3.63, 3.8) is 0 Å². The molecule has 6 nitrogen and oxygen atoms in total. The molecular weight excluding hydrogens is 515 g/mol. The number of amides is 2. The first-order chi connectivity index (χ1) is 19.0. The van der Waals surface area contributed by atoms with Gasteiger partial charge in [-0.05, 0) is 80.3 Å². The molecule has 1 saturated carbocycles. The van der Waals surface area contributed by atoms with E-state index in [1.165, 1.54) is 18.4 Å². The predicted molar refractivity (Wildman–Crippen MR) is 154 cm³/mol. The molecule has 2 amide bonds. The SMILES string of the molecule is O=C(NC1CCCC1)N(CC1CC2CCC(C1)N2Cc1ccc(Cl)cc1)c1ccc(N2CCOCC2)c(F)c1. The number of morpholine rings is 1. The summed E-state index contributed by atoms with van der Waals surface area (Å²) in [6.45, 7) is 4.14. The quantitative estimate of drug-likeness (QED) is 0.441. The second kappa shape index (κ2) is 12.0. The first-order valence-electron chi connectivity index (χ1n) is 14.7. The van der Waals surface area contributed by atoms with E-state index < -0.39 is 0 Å². The van der Waals surface area contributed by atoms with Crippen LogP contribution in [0.25, 0.3) is 0 Å². The summed E-state index contributed by atoms with van der Waals surface area (Å²) in [5.74, 6) is 0.117. The number of rotatable bonds is 7. The fourth-order valence-corrected chi connectivity index (χ4v) is 7.33. The molecule has 4 fully saturated rings. The van der Waals surface area contributed by atoms with Crippen molar-refractivity contribution in [2.45, 2.75) is 76.0 Å². The van der Waals surface area contributed by atoms with Crippen LogP contribution in [0.5, 0.6) is 0 Å². The number of piperidine rings is 1. The molecule has 0 spiro atoms. The smallest absolute Gasteiger partial charge is 0.322 e. The zero-order chi connectivity index (χ0) is 26.8. The van der Waals surface area contributed by atoms with E-state index in [-0.39, 0.29) is 17.9 Å². The van der Waals surface area contributed by atoms with E-state index in [1.54, 1.807) is 6.07 Å². The van der Waals surface area contributed by atoms with Gasteiger partial charge in [0.15, 0.2) is 0 Å². The van der Waals surface area contributed by atoms with Crippen LogP contribution in [-0.2, 0) is 11.3 Å². The number of hydrogen-bond donors (Lipinski definition) is 1. The Hall–Kier alpha value is -2.35. The number of nitrogens with zero attached hydrogens (tertiary/aromatic N) is 3. The normalized spacial score (nSPS) is 25.7. The zero-order valence-corrected chi connectivity index (χ0v) is 23.4. The van der Waals surface area contributed by atoms with Crippen LogP contribution in [0.15, 0.2) is 42.5 Å². The largest absolute Gasteiger partial charge is 0.378 e. The van der Waals surface area contributed by atoms with Crippen LogP contribution in [-0.4, -0.2) is 61.9 Å². The summed E-state index contributed by atoms with van der Waals surface area (Å²) in [5, 5.41) is 4.03. The lowest BCUT2D eigenvalue weighted by atomic mass is 9.89. The van der Waals surface area contributed by atoms with Crippen molar-refractivity contribution in [1.82, 2.24) is 10.2 Å². The molecule has 6 rings (SSSR count). The Morgan fingerprint density at radius 2 is 1.69 bits per heavy atom. The fraction of sp³-hybridized carbons (Fsp3) is 0.581. The number of urea groups is 1. The minimum atomic E-state index is -0.272. The van der Waals surface area contributed by atoms with Gasteiger partial charge in [0, 0.05) is 55.0 Å². The molecule has 3 aliphatic heterocycles. The van der Waals surface area contributed by atoms with Crippen LogP contribution >= 0.6 is 11.6 Å². The van der Waals surface area contributed by atoms with Gasteiger partial charge in [-0.15, -0.1) is 0 Å². The molecule has 39 heavy (non-hydrogen) atoms. The maximum atomic E-state index is 15.4. The molecule has 2 atom stereocenters. The number of fused-ring (bicyclic) bond motifs is 2. The Bertz CT molecular complexity index is 1120. The Morgan fingerprint density at radius 3 is 2.36 bits per heavy atom. The molecule has 1 aliphatic carbocycles. The number of halogens is 2. The van der Waals surface area contributed by atoms with E-state index in [0.717, 1.165) is 50.1 Å². The van der Waals surface area contributed by atoms with Crippen LogP contribution in [0.3, 0.4) is 0 Å². The van der Waals surface area contributed by atoms with Crippen LogP contribution in [0.4, 0.5) is 20.6 Å². The van der Waals surface area contributed by atoms with Crippen molar-refractivity contribution < 1.29 is 13.9 Å². The maximum Gasteiger partial charge on any atom is 0.322 e. The molecule has 210 valence electrons. The molecule has 3 saturated heterocycles. The van der Waals surface area contributed by atoms with Crippen LogP contribution in [0.1, 0.15) is 56.9 Å². The highest BCUT2D eigenvalue weighted by atomic mass is 35.5. The lowest BCUT2D eigenvalue weighted by Gasteiger charge is -2.41. The first-order valence-corrected chi connectivity index (χ1v) is 15.1. The van der Waals surface area contributed by atoms with Crippen molar-refractivity contribution >= 4 is 29.0 Å². The second-order valence-corrected chi connectivity index (χ2v) is 12.2. The van der Waals surface area contributed by atoms with E-state index in [9.17, 15) is 4.79 Å². The molecule has 0 radical (unpaired) electrons. The standard InChI is InChI=1S/C31H40ClFN4O2/c32-24-7-5-22(6-8-24)20-36-26-9-10-27(36)18-23(17-26)21-37(31(38)34-25-3-1-2-4-25)28-11-12-30(29(33)19-28)35-13-15-39-16-14-35/h5-8,11-12,19,23,25-27H,1-4,9-10,13-18,20-21H2,(H,34,38). The molecule has 2 bridgehead atoms. The molecular formula is C31H40ClFN4O2. The van der Waals surface area contributed by atoms with Crippen LogP contribution in [0.2, 0.25) is 5.02 Å². The summed E-state index contributed by atoms with van der Waals surface area (Å²) >= 11 is 6.10. The lowest BCUT2D eigenvalue weighted by molar-refractivity contribution is 0.0983. The van der Waals surface area contributed by atoms with Gasteiger partial charge in [-0.1, -0.05) is 36.6 Å².